The van der Waals surface area contributed by atoms with E-state index in [1.807, 2.05) is 24.3 Å². The predicted octanol–water partition coefficient (Wildman–Crippen LogP) is 2.78. The Morgan fingerprint density at radius 1 is 1.07 bits per heavy atom. The van der Waals surface area contributed by atoms with Crippen molar-refractivity contribution in [2.45, 2.75) is 0 Å². The zero-order valence-corrected chi connectivity index (χ0v) is 15.8. The molecule has 29 heavy (non-hydrogen) atoms. The number of nitrogens with zero attached hydrogens (tertiary/aromatic N) is 2. The largest absolute Gasteiger partial charge is 0.378 e. The molecule has 1 fully saturated rings. The second-order valence-corrected chi connectivity index (χ2v) is 6.63. The first-order valence-electron chi connectivity index (χ1n) is 9.30. The van der Waals surface area contributed by atoms with Crippen molar-refractivity contribution in [1.82, 2.24) is 10.2 Å². The standard InChI is InChI=1S/C21H21N5O3/c1-2-19(27)22-15-5-8-18-17(13-15)20(25-24-18)21(28)23-14-3-6-16(7-4-14)26-9-11-29-12-10-26/h2-8,13H,1,9-12H2,(H,22,27)(H,23,28)(H,24,25). The first-order chi connectivity index (χ1) is 14.1. The highest BCUT2D eigenvalue weighted by atomic mass is 16.5. The number of rotatable bonds is 5. The number of carbonyl (C=O) groups excluding carboxylic acids is 2. The Morgan fingerprint density at radius 2 is 1.79 bits per heavy atom. The average Bonchev–Trinajstić information content (AvgIpc) is 3.18. The van der Waals surface area contributed by atoms with E-state index < -0.39 is 0 Å². The maximum Gasteiger partial charge on any atom is 0.276 e. The van der Waals surface area contributed by atoms with E-state index in [4.69, 9.17) is 4.74 Å². The minimum absolute atomic E-state index is 0.256. The second-order valence-electron chi connectivity index (χ2n) is 6.63. The molecule has 2 amide bonds. The molecule has 0 aliphatic carbocycles. The smallest absolute Gasteiger partial charge is 0.276 e. The normalized spacial score (nSPS) is 13.9. The van der Waals surface area contributed by atoms with E-state index in [2.05, 4.69) is 32.3 Å². The van der Waals surface area contributed by atoms with Crippen LogP contribution in [0.4, 0.5) is 17.1 Å². The summed E-state index contributed by atoms with van der Waals surface area (Å²) in [7, 11) is 0. The van der Waals surface area contributed by atoms with Crippen LogP contribution in [0, 0.1) is 0 Å². The Hall–Kier alpha value is -3.65. The summed E-state index contributed by atoms with van der Waals surface area (Å²) in [5, 5.41) is 13.1. The van der Waals surface area contributed by atoms with E-state index in [0.29, 0.717) is 22.3 Å². The fourth-order valence-electron chi connectivity index (χ4n) is 3.23. The van der Waals surface area contributed by atoms with Gasteiger partial charge in [0.05, 0.1) is 18.7 Å². The summed E-state index contributed by atoms with van der Waals surface area (Å²) in [5.74, 6) is -0.651. The molecule has 8 heteroatoms. The highest BCUT2D eigenvalue weighted by molar-refractivity contribution is 6.12. The van der Waals surface area contributed by atoms with Gasteiger partial charge in [-0.25, -0.2) is 0 Å². The molecule has 1 saturated heterocycles. The Kier molecular flexibility index (Phi) is 5.26. The average molecular weight is 391 g/mol. The van der Waals surface area contributed by atoms with Gasteiger partial charge in [0.2, 0.25) is 5.91 Å². The monoisotopic (exact) mass is 391 g/mol. The van der Waals surface area contributed by atoms with Gasteiger partial charge in [0, 0.05) is 35.5 Å². The molecule has 0 atom stereocenters. The molecule has 2 aromatic carbocycles. The van der Waals surface area contributed by atoms with E-state index in [0.717, 1.165) is 32.0 Å². The zero-order chi connectivity index (χ0) is 20.2. The molecule has 0 radical (unpaired) electrons. The van der Waals surface area contributed by atoms with E-state index >= 15 is 0 Å². The molecule has 1 aliphatic rings. The van der Waals surface area contributed by atoms with Gasteiger partial charge >= 0.3 is 0 Å². The van der Waals surface area contributed by atoms with Gasteiger partial charge in [-0.2, -0.15) is 5.10 Å². The van der Waals surface area contributed by atoms with E-state index in [1.165, 1.54) is 6.08 Å². The number of aromatic amines is 1. The molecule has 0 saturated carbocycles. The third-order valence-corrected chi connectivity index (χ3v) is 4.73. The van der Waals surface area contributed by atoms with E-state index in [-0.39, 0.29) is 17.5 Å². The van der Waals surface area contributed by atoms with Crippen LogP contribution in [0.15, 0.2) is 55.1 Å². The summed E-state index contributed by atoms with van der Waals surface area (Å²) >= 11 is 0. The first kappa shape index (κ1) is 18.7. The van der Waals surface area contributed by atoms with Crippen molar-refractivity contribution >= 4 is 39.8 Å². The Labute approximate surface area is 167 Å². The lowest BCUT2D eigenvalue weighted by molar-refractivity contribution is -0.111. The van der Waals surface area contributed by atoms with Crippen molar-refractivity contribution in [3.05, 3.63) is 60.8 Å². The zero-order valence-electron chi connectivity index (χ0n) is 15.8. The molecule has 3 aromatic rings. The van der Waals surface area contributed by atoms with Crippen LogP contribution in [0.3, 0.4) is 0 Å². The third-order valence-electron chi connectivity index (χ3n) is 4.73. The summed E-state index contributed by atoms with van der Waals surface area (Å²) in [6.45, 7) is 6.59. The van der Waals surface area contributed by atoms with Gasteiger partial charge in [0.15, 0.2) is 5.69 Å². The summed E-state index contributed by atoms with van der Waals surface area (Å²) in [4.78, 5) is 26.5. The van der Waals surface area contributed by atoms with E-state index in [1.54, 1.807) is 18.2 Å². The molecule has 8 nitrogen and oxygen atoms in total. The molecule has 0 bridgehead atoms. The van der Waals surface area contributed by atoms with Crippen molar-refractivity contribution in [2.24, 2.45) is 0 Å². The number of anilines is 3. The van der Waals surface area contributed by atoms with Crippen molar-refractivity contribution in [3.8, 4) is 0 Å². The lowest BCUT2D eigenvalue weighted by atomic mass is 10.1. The highest BCUT2D eigenvalue weighted by Gasteiger charge is 2.16. The van der Waals surface area contributed by atoms with Crippen LogP contribution in [-0.2, 0) is 9.53 Å². The van der Waals surface area contributed by atoms with Crippen LogP contribution in [0.1, 0.15) is 10.5 Å². The first-order valence-corrected chi connectivity index (χ1v) is 9.30. The maximum atomic E-state index is 12.7. The Morgan fingerprint density at radius 3 is 2.52 bits per heavy atom. The van der Waals surface area contributed by atoms with Crippen LogP contribution in [-0.4, -0.2) is 48.3 Å². The number of hydrogen-bond donors (Lipinski definition) is 3. The molecule has 0 spiro atoms. The number of ether oxygens (including phenoxy) is 1. The minimum Gasteiger partial charge on any atom is -0.378 e. The Balaban J connectivity index is 1.50. The van der Waals surface area contributed by atoms with Gasteiger partial charge < -0.3 is 20.3 Å². The molecule has 148 valence electrons. The molecule has 1 aliphatic heterocycles. The van der Waals surface area contributed by atoms with Gasteiger partial charge in [-0.3, -0.25) is 14.7 Å². The van der Waals surface area contributed by atoms with Gasteiger partial charge in [-0.15, -0.1) is 0 Å². The fourth-order valence-corrected chi connectivity index (χ4v) is 3.23. The number of H-pyrrole nitrogens is 1. The van der Waals surface area contributed by atoms with Crippen molar-refractivity contribution in [1.29, 1.82) is 0 Å². The number of aromatic nitrogens is 2. The summed E-state index contributed by atoms with van der Waals surface area (Å²) in [6.07, 6.45) is 1.19. The lowest BCUT2D eigenvalue weighted by Gasteiger charge is -2.28. The second kappa shape index (κ2) is 8.15. The minimum atomic E-state index is -0.331. The summed E-state index contributed by atoms with van der Waals surface area (Å²) in [5.41, 5.74) is 3.30. The van der Waals surface area contributed by atoms with Crippen LogP contribution in [0.2, 0.25) is 0 Å². The number of fused-ring (bicyclic) bond motifs is 1. The number of nitrogens with one attached hydrogen (secondary N) is 3. The number of carbonyl (C=O) groups is 2. The van der Waals surface area contributed by atoms with Crippen LogP contribution in [0.5, 0.6) is 0 Å². The molecule has 0 unspecified atom stereocenters. The van der Waals surface area contributed by atoms with Crippen molar-refractivity contribution in [3.63, 3.8) is 0 Å². The highest BCUT2D eigenvalue weighted by Crippen LogP contribution is 2.23. The van der Waals surface area contributed by atoms with Crippen molar-refractivity contribution in [2.75, 3.05) is 41.8 Å². The third kappa shape index (κ3) is 4.12. The quantitative estimate of drug-likeness (QED) is 0.581. The summed E-state index contributed by atoms with van der Waals surface area (Å²) < 4.78 is 5.37. The molecule has 3 N–H and O–H groups in total. The Bertz CT molecular complexity index is 1050. The molecular weight excluding hydrogens is 370 g/mol. The van der Waals surface area contributed by atoms with E-state index in [9.17, 15) is 9.59 Å². The number of morpholine rings is 1. The molecule has 1 aromatic heterocycles. The predicted molar refractivity (Wildman–Crippen MR) is 112 cm³/mol. The van der Waals surface area contributed by atoms with Gasteiger partial charge in [0.1, 0.15) is 0 Å². The lowest BCUT2D eigenvalue weighted by Crippen LogP contribution is -2.36. The fraction of sp³-hybridized carbons (Fsp3) is 0.190. The van der Waals surface area contributed by atoms with Gasteiger partial charge in [-0.05, 0) is 48.5 Å². The molecule has 2 heterocycles. The number of amides is 2. The molecule has 4 rings (SSSR count). The maximum absolute atomic E-state index is 12.7. The van der Waals surface area contributed by atoms with Crippen LogP contribution < -0.4 is 15.5 Å². The SMILES string of the molecule is C=CC(=O)Nc1ccc2[nH]nc(C(=O)Nc3ccc(N4CCOCC4)cc3)c2c1. The van der Waals surface area contributed by atoms with Crippen molar-refractivity contribution < 1.29 is 14.3 Å². The summed E-state index contributed by atoms with van der Waals surface area (Å²) in [6, 6.07) is 12.9. The van der Waals surface area contributed by atoms with Crippen LogP contribution in [0.25, 0.3) is 10.9 Å². The van der Waals surface area contributed by atoms with Crippen LogP contribution >= 0.6 is 0 Å². The van der Waals surface area contributed by atoms with Gasteiger partial charge in [0.25, 0.3) is 5.91 Å². The number of benzene rings is 2. The topological polar surface area (TPSA) is 99.3 Å². The van der Waals surface area contributed by atoms with Gasteiger partial charge in [-0.1, -0.05) is 6.58 Å². The number of hydrogen-bond acceptors (Lipinski definition) is 5. The molecular formula is C21H21N5O3.